The Labute approximate surface area is 142 Å². The number of halogens is 1. The van der Waals surface area contributed by atoms with Crippen molar-refractivity contribution in [3.63, 3.8) is 0 Å². The Kier molecular flexibility index (Phi) is 5.12. The number of carbonyl (C=O) groups excluding carboxylic acids is 1. The first-order valence-electron chi connectivity index (χ1n) is 7.63. The SMILES string of the molecule is Cc1ccc(-c2cc(C(=O)N3CCC(C)(CN)C3)[nH]n2)cc1.Cl. The molecule has 3 N–H and O–H groups in total. The average molecular weight is 335 g/mol. The van der Waals surface area contributed by atoms with Crippen LogP contribution in [0.4, 0.5) is 0 Å². The van der Waals surface area contributed by atoms with Gasteiger partial charge >= 0.3 is 0 Å². The molecule has 1 aliphatic heterocycles. The van der Waals surface area contributed by atoms with Crippen molar-refractivity contribution in [2.75, 3.05) is 19.6 Å². The molecule has 2 heterocycles. The Balaban J connectivity index is 0.00000192. The van der Waals surface area contributed by atoms with Crippen molar-refractivity contribution in [2.45, 2.75) is 20.3 Å². The summed E-state index contributed by atoms with van der Waals surface area (Å²) in [5.41, 5.74) is 9.39. The van der Waals surface area contributed by atoms with E-state index < -0.39 is 0 Å². The first kappa shape index (κ1) is 17.5. The third-order valence-electron chi connectivity index (χ3n) is 4.49. The van der Waals surface area contributed by atoms with Crippen LogP contribution in [0, 0.1) is 12.3 Å². The Hall–Kier alpha value is -1.85. The highest BCUT2D eigenvalue weighted by Crippen LogP contribution is 2.29. The van der Waals surface area contributed by atoms with Gasteiger partial charge in [0.25, 0.3) is 5.91 Å². The zero-order valence-electron chi connectivity index (χ0n) is 13.5. The molecule has 0 spiro atoms. The number of aromatic nitrogens is 2. The minimum Gasteiger partial charge on any atom is -0.337 e. The fraction of sp³-hybridized carbons (Fsp3) is 0.412. The summed E-state index contributed by atoms with van der Waals surface area (Å²) in [7, 11) is 0. The lowest BCUT2D eigenvalue weighted by Crippen LogP contribution is -2.34. The van der Waals surface area contributed by atoms with Crippen LogP contribution >= 0.6 is 12.4 Å². The van der Waals surface area contributed by atoms with E-state index >= 15 is 0 Å². The van der Waals surface area contributed by atoms with Crippen LogP contribution in [-0.2, 0) is 0 Å². The summed E-state index contributed by atoms with van der Waals surface area (Å²) in [6.07, 6.45) is 0.953. The minimum absolute atomic E-state index is 0. The molecule has 0 bridgehead atoms. The molecule has 1 amide bonds. The molecule has 0 radical (unpaired) electrons. The van der Waals surface area contributed by atoms with Gasteiger partial charge in [-0.1, -0.05) is 36.8 Å². The number of carbonyl (C=O) groups is 1. The standard InChI is InChI=1S/C17H22N4O.ClH/c1-12-3-5-13(6-4-12)14-9-15(20-19-14)16(22)21-8-7-17(2,10-18)11-21;/h3-6,9H,7-8,10-11,18H2,1-2H3,(H,19,20);1H. The first-order valence-corrected chi connectivity index (χ1v) is 7.63. The van der Waals surface area contributed by atoms with E-state index in [1.807, 2.05) is 42.2 Å². The highest BCUT2D eigenvalue weighted by molar-refractivity contribution is 5.93. The van der Waals surface area contributed by atoms with Crippen LogP contribution in [0.2, 0.25) is 0 Å². The summed E-state index contributed by atoms with van der Waals surface area (Å²) in [6, 6.07) is 9.94. The van der Waals surface area contributed by atoms with Gasteiger partial charge in [-0.3, -0.25) is 9.89 Å². The van der Waals surface area contributed by atoms with Gasteiger partial charge < -0.3 is 10.6 Å². The molecule has 2 aromatic rings. The Morgan fingerprint density at radius 3 is 2.70 bits per heavy atom. The van der Waals surface area contributed by atoms with Crippen LogP contribution in [0.3, 0.4) is 0 Å². The van der Waals surface area contributed by atoms with Gasteiger partial charge in [0.2, 0.25) is 0 Å². The number of nitrogens with zero attached hydrogens (tertiary/aromatic N) is 2. The molecule has 1 aliphatic rings. The number of benzene rings is 1. The number of hydrogen-bond donors (Lipinski definition) is 2. The lowest BCUT2D eigenvalue weighted by Gasteiger charge is -2.22. The molecule has 1 saturated heterocycles. The summed E-state index contributed by atoms with van der Waals surface area (Å²) >= 11 is 0. The Morgan fingerprint density at radius 1 is 1.39 bits per heavy atom. The van der Waals surface area contributed by atoms with Gasteiger partial charge in [0.1, 0.15) is 5.69 Å². The highest BCUT2D eigenvalue weighted by atomic mass is 35.5. The van der Waals surface area contributed by atoms with E-state index in [-0.39, 0.29) is 23.7 Å². The van der Waals surface area contributed by atoms with Crippen LogP contribution in [0.5, 0.6) is 0 Å². The van der Waals surface area contributed by atoms with E-state index in [1.165, 1.54) is 5.56 Å². The average Bonchev–Trinajstić information content (AvgIpc) is 3.15. The lowest BCUT2D eigenvalue weighted by molar-refractivity contribution is 0.0771. The molecule has 6 heteroatoms. The van der Waals surface area contributed by atoms with Gasteiger partial charge in [-0.05, 0) is 31.4 Å². The van der Waals surface area contributed by atoms with Crippen LogP contribution in [0.25, 0.3) is 11.3 Å². The number of amides is 1. The molecule has 0 aliphatic carbocycles. The predicted molar refractivity (Wildman–Crippen MR) is 93.7 cm³/mol. The molecule has 3 rings (SSSR count). The molecule has 0 saturated carbocycles. The molecule has 124 valence electrons. The van der Waals surface area contributed by atoms with Gasteiger partial charge in [-0.15, -0.1) is 12.4 Å². The maximum Gasteiger partial charge on any atom is 0.271 e. The second-order valence-electron chi connectivity index (χ2n) is 6.52. The topological polar surface area (TPSA) is 75.0 Å². The molecule has 1 aromatic heterocycles. The van der Waals surface area contributed by atoms with Crippen molar-refractivity contribution in [2.24, 2.45) is 11.1 Å². The second kappa shape index (κ2) is 6.72. The van der Waals surface area contributed by atoms with Crippen LogP contribution in [0.1, 0.15) is 29.4 Å². The van der Waals surface area contributed by atoms with Gasteiger partial charge in [0.05, 0.1) is 5.69 Å². The number of aryl methyl sites for hydroxylation is 1. The summed E-state index contributed by atoms with van der Waals surface area (Å²) in [4.78, 5) is 14.4. The molecule has 5 nitrogen and oxygen atoms in total. The predicted octanol–water partition coefficient (Wildman–Crippen LogP) is 2.62. The molecule has 1 atom stereocenters. The molecular formula is C17H23ClN4O. The van der Waals surface area contributed by atoms with Crippen LogP contribution in [0.15, 0.2) is 30.3 Å². The zero-order valence-corrected chi connectivity index (χ0v) is 14.3. The largest absolute Gasteiger partial charge is 0.337 e. The van der Waals surface area contributed by atoms with Crippen molar-refractivity contribution in [3.05, 3.63) is 41.6 Å². The fourth-order valence-electron chi connectivity index (χ4n) is 2.84. The molecule has 23 heavy (non-hydrogen) atoms. The van der Waals surface area contributed by atoms with Gasteiger partial charge in [-0.2, -0.15) is 5.10 Å². The smallest absolute Gasteiger partial charge is 0.271 e. The monoisotopic (exact) mass is 334 g/mol. The number of hydrogen-bond acceptors (Lipinski definition) is 3. The normalized spacial score (nSPS) is 20.4. The highest BCUT2D eigenvalue weighted by Gasteiger charge is 2.35. The van der Waals surface area contributed by atoms with Gasteiger partial charge in [0, 0.05) is 18.7 Å². The third kappa shape index (κ3) is 3.57. The fourth-order valence-corrected chi connectivity index (χ4v) is 2.84. The van der Waals surface area contributed by atoms with Crippen LogP contribution in [-0.4, -0.2) is 40.6 Å². The molecule has 1 aromatic carbocycles. The number of H-pyrrole nitrogens is 1. The van der Waals surface area contributed by atoms with Crippen molar-refractivity contribution in [3.8, 4) is 11.3 Å². The van der Waals surface area contributed by atoms with E-state index in [0.717, 1.165) is 24.2 Å². The number of nitrogens with one attached hydrogen (secondary N) is 1. The summed E-state index contributed by atoms with van der Waals surface area (Å²) in [5, 5.41) is 7.14. The third-order valence-corrected chi connectivity index (χ3v) is 4.49. The number of nitrogens with two attached hydrogens (primary N) is 1. The van der Waals surface area contributed by atoms with Crippen molar-refractivity contribution in [1.29, 1.82) is 0 Å². The van der Waals surface area contributed by atoms with E-state index in [2.05, 4.69) is 17.1 Å². The lowest BCUT2D eigenvalue weighted by atomic mass is 9.90. The summed E-state index contributed by atoms with van der Waals surface area (Å²) in [6.45, 7) is 6.25. The number of aromatic amines is 1. The second-order valence-corrected chi connectivity index (χ2v) is 6.52. The minimum atomic E-state index is 0. The maximum atomic E-state index is 12.6. The van der Waals surface area contributed by atoms with Crippen molar-refractivity contribution >= 4 is 18.3 Å². The summed E-state index contributed by atoms with van der Waals surface area (Å²) in [5.74, 6) is 0.00281. The summed E-state index contributed by atoms with van der Waals surface area (Å²) < 4.78 is 0. The Bertz CT molecular complexity index is 682. The number of rotatable bonds is 3. The Morgan fingerprint density at radius 2 is 2.09 bits per heavy atom. The zero-order chi connectivity index (χ0) is 15.7. The van der Waals surface area contributed by atoms with E-state index in [0.29, 0.717) is 18.8 Å². The van der Waals surface area contributed by atoms with Crippen LogP contribution < -0.4 is 5.73 Å². The number of likely N-dealkylation sites (tertiary alicyclic amines) is 1. The molecular weight excluding hydrogens is 312 g/mol. The maximum absolute atomic E-state index is 12.6. The van der Waals surface area contributed by atoms with Gasteiger partial charge in [-0.25, -0.2) is 0 Å². The molecule has 1 fully saturated rings. The van der Waals surface area contributed by atoms with E-state index in [4.69, 9.17) is 5.73 Å². The molecule has 1 unspecified atom stereocenters. The van der Waals surface area contributed by atoms with E-state index in [1.54, 1.807) is 0 Å². The van der Waals surface area contributed by atoms with Gasteiger partial charge in [0.15, 0.2) is 0 Å². The van der Waals surface area contributed by atoms with Crippen molar-refractivity contribution < 1.29 is 4.79 Å². The van der Waals surface area contributed by atoms with Crippen molar-refractivity contribution in [1.82, 2.24) is 15.1 Å². The quantitative estimate of drug-likeness (QED) is 0.906. The first-order chi connectivity index (χ1) is 10.5. The van der Waals surface area contributed by atoms with E-state index in [9.17, 15) is 4.79 Å².